The zero-order chi connectivity index (χ0) is 14.4. The number of hydrogen-bond acceptors (Lipinski definition) is 4. The minimum absolute atomic E-state index is 0.0490. The predicted molar refractivity (Wildman–Crippen MR) is 73.1 cm³/mol. The molecule has 1 unspecified atom stereocenters. The van der Waals surface area contributed by atoms with Crippen LogP contribution in [-0.4, -0.2) is 29.8 Å². The number of carboxylic acid groups (broad SMARTS) is 1. The number of nitrogens with zero attached hydrogens (tertiary/aromatic N) is 1. The Balaban J connectivity index is 2.04. The molecule has 0 saturated carbocycles. The minimum atomic E-state index is -0.938. The Bertz CT molecular complexity index is 554. The molecule has 0 amide bonds. The fourth-order valence-corrected chi connectivity index (χ4v) is 1.74. The van der Waals surface area contributed by atoms with Gasteiger partial charge in [0.15, 0.2) is 0 Å². The summed E-state index contributed by atoms with van der Waals surface area (Å²) in [5.41, 5.74) is 0.619. The van der Waals surface area contributed by atoms with Crippen molar-refractivity contribution in [3.63, 3.8) is 0 Å². The molecule has 1 heterocycles. The third kappa shape index (κ3) is 3.47. The minimum Gasteiger partial charge on any atom is -0.497 e. The maximum atomic E-state index is 11.3. The van der Waals surface area contributed by atoms with Crippen molar-refractivity contribution in [3.8, 4) is 11.5 Å². The van der Waals surface area contributed by atoms with Gasteiger partial charge in [-0.25, -0.2) is 0 Å². The highest BCUT2D eigenvalue weighted by atomic mass is 16.5. The number of aromatic nitrogens is 1. The van der Waals surface area contributed by atoms with E-state index in [1.165, 1.54) is 6.20 Å². The van der Waals surface area contributed by atoms with Crippen molar-refractivity contribution in [2.45, 2.75) is 5.92 Å². The summed E-state index contributed by atoms with van der Waals surface area (Å²) in [6, 6.07) is 10.4. The molecule has 5 heteroatoms. The van der Waals surface area contributed by atoms with E-state index in [2.05, 4.69) is 4.98 Å². The molecule has 0 bridgehead atoms. The van der Waals surface area contributed by atoms with Gasteiger partial charge in [-0.1, -0.05) is 6.07 Å². The first kappa shape index (κ1) is 13.9. The molecule has 1 N–H and O–H groups in total. The lowest BCUT2D eigenvalue weighted by Crippen LogP contribution is -2.19. The van der Waals surface area contributed by atoms with Crippen molar-refractivity contribution in [2.75, 3.05) is 13.7 Å². The van der Waals surface area contributed by atoms with E-state index in [1.807, 2.05) is 0 Å². The molecule has 2 rings (SSSR count). The zero-order valence-electron chi connectivity index (χ0n) is 11.0. The second kappa shape index (κ2) is 6.56. The van der Waals surface area contributed by atoms with Crippen molar-refractivity contribution in [3.05, 3.63) is 54.4 Å². The van der Waals surface area contributed by atoms with E-state index in [-0.39, 0.29) is 6.61 Å². The van der Waals surface area contributed by atoms with Crippen molar-refractivity contribution < 1.29 is 19.4 Å². The number of benzene rings is 1. The number of aliphatic carboxylic acids is 1. The second-order valence-corrected chi connectivity index (χ2v) is 4.16. The third-order valence-corrected chi connectivity index (χ3v) is 2.86. The summed E-state index contributed by atoms with van der Waals surface area (Å²) in [5, 5.41) is 9.26. The van der Waals surface area contributed by atoms with Crippen LogP contribution in [0.25, 0.3) is 0 Å². The normalized spacial score (nSPS) is 11.7. The Morgan fingerprint density at radius 3 is 2.50 bits per heavy atom. The smallest absolute Gasteiger partial charge is 0.314 e. The summed E-state index contributed by atoms with van der Waals surface area (Å²) in [7, 11) is 1.58. The van der Waals surface area contributed by atoms with Crippen LogP contribution in [0.2, 0.25) is 0 Å². The zero-order valence-corrected chi connectivity index (χ0v) is 11.0. The lowest BCUT2D eigenvalue weighted by Gasteiger charge is -2.14. The first-order valence-corrected chi connectivity index (χ1v) is 6.10. The van der Waals surface area contributed by atoms with Gasteiger partial charge >= 0.3 is 5.97 Å². The molecule has 20 heavy (non-hydrogen) atoms. The molecule has 0 aliphatic rings. The largest absolute Gasteiger partial charge is 0.497 e. The monoisotopic (exact) mass is 273 g/mol. The molecule has 2 aromatic rings. The Kier molecular flexibility index (Phi) is 4.55. The van der Waals surface area contributed by atoms with Gasteiger partial charge in [0, 0.05) is 12.4 Å². The van der Waals surface area contributed by atoms with E-state index in [1.54, 1.807) is 49.7 Å². The van der Waals surface area contributed by atoms with Gasteiger partial charge in [-0.05, 0) is 35.9 Å². The first-order valence-electron chi connectivity index (χ1n) is 6.10. The van der Waals surface area contributed by atoms with Crippen LogP contribution in [0.3, 0.4) is 0 Å². The van der Waals surface area contributed by atoms with Gasteiger partial charge in [0.1, 0.15) is 24.0 Å². The summed E-state index contributed by atoms with van der Waals surface area (Å²) in [4.78, 5) is 15.2. The first-order chi connectivity index (χ1) is 9.70. The highest BCUT2D eigenvalue weighted by Gasteiger charge is 2.20. The quantitative estimate of drug-likeness (QED) is 0.874. The molecule has 0 saturated heterocycles. The molecule has 1 aromatic carbocycles. The van der Waals surface area contributed by atoms with E-state index < -0.39 is 11.9 Å². The maximum absolute atomic E-state index is 11.3. The van der Waals surface area contributed by atoms with Crippen molar-refractivity contribution >= 4 is 5.97 Å². The van der Waals surface area contributed by atoms with Crippen LogP contribution in [0.15, 0.2) is 48.8 Å². The lowest BCUT2D eigenvalue weighted by molar-refractivity contribution is -0.139. The Morgan fingerprint density at radius 1 is 1.25 bits per heavy atom. The molecule has 104 valence electrons. The molecular formula is C15H15NO4. The SMILES string of the molecule is COc1ccc(OCC(C(=O)O)c2cccnc2)cc1. The van der Waals surface area contributed by atoms with Crippen LogP contribution in [-0.2, 0) is 4.79 Å². The number of methoxy groups -OCH3 is 1. The number of hydrogen-bond donors (Lipinski definition) is 1. The van der Waals surface area contributed by atoms with E-state index in [4.69, 9.17) is 9.47 Å². The number of carboxylic acids is 1. The number of carbonyl (C=O) groups is 1. The average molecular weight is 273 g/mol. The molecule has 0 spiro atoms. The van der Waals surface area contributed by atoms with Gasteiger partial charge in [0.25, 0.3) is 0 Å². The predicted octanol–water partition coefficient (Wildman–Crippen LogP) is 2.34. The summed E-state index contributed by atoms with van der Waals surface area (Å²) >= 11 is 0. The number of pyridine rings is 1. The topological polar surface area (TPSA) is 68.7 Å². The fraction of sp³-hybridized carbons (Fsp3) is 0.200. The van der Waals surface area contributed by atoms with Crippen LogP contribution in [0.5, 0.6) is 11.5 Å². The molecule has 1 aromatic heterocycles. The van der Waals surface area contributed by atoms with Gasteiger partial charge < -0.3 is 14.6 Å². The number of ether oxygens (including phenoxy) is 2. The van der Waals surface area contributed by atoms with Crippen LogP contribution >= 0.6 is 0 Å². The molecule has 1 atom stereocenters. The lowest BCUT2D eigenvalue weighted by atomic mass is 10.0. The summed E-state index contributed by atoms with van der Waals surface area (Å²) in [6.07, 6.45) is 3.14. The highest BCUT2D eigenvalue weighted by Crippen LogP contribution is 2.20. The van der Waals surface area contributed by atoms with E-state index in [0.717, 1.165) is 5.75 Å². The number of rotatable bonds is 6. The standard InChI is InChI=1S/C15H15NO4/c1-19-12-4-6-13(7-5-12)20-10-14(15(17)18)11-3-2-8-16-9-11/h2-9,14H,10H2,1H3,(H,17,18). The molecule has 0 radical (unpaired) electrons. The van der Waals surface area contributed by atoms with Gasteiger partial charge in [0.05, 0.1) is 7.11 Å². The average Bonchev–Trinajstić information content (AvgIpc) is 2.49. The molecule has 5 nitrogen and oxygen atoms in total. The Morgan fingerprint density at radius 2 is 1.95 bits per heavy atom. The third-order valence-electron chi connectivity index (χ3n) is 2.86. The van der Waals surface area contributed by atoms with Gasteiger partial charge in [-0.15, -0.1) is 0 Å². The fourth-order valence-electron chi connectivity index (χ4n) is 1.74. The van der Waals surface area contributed by atoms with Gasteiger partial charge in [-0.3, -0.25) is 9.78 Å². The molecule has 0 fully saturated rings. The molecule has 0 aliphatic carbocycles. The Labute approximate surface area is 116 Å². The Hall–Kier alpha value is -2.56. The van der Waals surface area contributed by atoms with Crippen LogP contribution in [0.4, 0.5) is 0 Å². The van der Waals surface area contributed by atoms with Crippen LogP contribution in [0, 0.1) is 0 Å². The van der Waals surface area contributed by atoms with Crippen molar-refractivity contribution in [1.82, 2.24) is 4.98 Å². The van der Waals surface area contributed by atoms with E-state index in [9.17, 15) is 9.90 Å². The van der Waals surface area contributed by atoms with Crippen molar-refractivity contribution in [2.24, 2.45) is 0 Å². The molecule has 0 aliphatic heterocycles. The molecular weight excluding hydrogens is 258 g/mol. The summed E-state index contributed by atoms with van der Waals surface area (Å²) < 4.78 is 10.6. The van der Waals surface area contributed by atoms with Crippen molar-refractivity contribution in [1.29, 1.82) is 0 Å². The highest BCUT2D eigenvalue weighted by molar-refractivity contribution is 5.76. The van der Waals surface area contributed by atoms with Gasteiger partial charge in [-0.2, -0.15) is 0 Å². The summed E-state index contributed by atoms with van der Waals surface area (Å²) in [5.74, 6) is -0.363. The van der Waals surface area contributed by atoms with Crippen LogP contribution < -0.4 is 9.47 Å². The van der Waals surface area contributed by atoms with Crippen LogP contribution in [0.1, 0.15) is 11.5 Å². The van der Waals surface area contributed by atoms with E-state index in [0.29, 0.717) is 11.3 Å². The second-order valence-electron chi connectivity index (χ2n) is 4.16. The maximum Gasteiger partial charge on any atom is 0.314 e. The van der Waals surface area contributed by atoms with Gasteiger partial charge in [0.2, 0.25) is 0 Å². The van der Waals surface area contributed by atoms with E-state index >= 15 is 0 Å². The summed E-state index contributed by atoms with van der Waals surface area (Å²) in [6.45, 7) is 0.0490.